The van der Waals surface area contributed by atoms with Gasteiger partial charge >= 0.3 is 12.1 Å². The highest BCUT2D eigenvalue weighted by Gasteiger charge is 2.45. The van der Waals surface area contributed by atoms with Crippen LogP contribution in [0, 0.1) is 23.5 Å². The predicted octanol–water partition coefficient (Wildman–Crippen LogP) is 5.65. The fourth-order valence-electron chi connectivity index (χ4n) is 6.87. The van der Waals surface area contributed by atoms with Crippen LogP contribution in [0.25, 0.3) is 11.3 Å². The minimum Gasteiger partial charge on any atom is -0.444 e. The molecule has 10 nitrogen and oxygen atoms in total. The van der Waals surface area contributed by atoms with Gasteiger partial charge < -0.3 is 33.8 Å². The lowest BCUT2D eigenvalue weighted by molar-refractivity contribution is -0.00964. The van der Waals surface area contributed by atoms with Crippen LogP contribution in [0.4, 0.5) is 22.8 Å². The van der Waals surface area contributed by atoms with Gasteiger partial charge in [-0.15, -0.1) is 0 Å². The SMILES string of the molecule is CC(C)(C)OC(=O)N1CC(F)C(CN(C(=O)N2CC(O)C2)C(c2nc(-c3cc(F)ccc3F)cn2Cc2ccccc2)C2CCOCC2)C1. The summed E-state index contributed by atoms with van der Waals surface area (Å²) >= 11 is 0. The van der Waals surface area contributed by atoms with Gasteiger partial charge in [0.15, 0.2) is 0 Å². The van der Waals surface area contributed by atoms with Gasteiger partial charge in [-0.3, -0.25) is 0 Å². The summed E-state index contributed by atoms with van der Waals surface area (Å²) in [6, 6.07) is 11.7. The van der Waals surface area contributed by atoms with Crippen LogP contribution in [-0.4, -0.2) is 105 Å². The lowest BCUT2D eigenvalue weighted by atomic mass is 9.89. The highest BCUT2D eigenvalue weighted by molar-refractivity contribution is 5.76. The molecule has 0 aliphatic carbocycles. The Morgan fingerprint density at radius 1 is 1.04 bits per heavy atom. The molecule has 0 spiro atoms. The van der Waals surface area contributed by atoms with Gasteiger partial charge in [0.25, 0.3) is 0 Å². The van der Waals surface area contributed by atoms with Crippen LogP contribution in [0.15, 0.2) is 54.7 Å². The lowest BCUT2D eigenvalue weighted by Gasteiger charge is -2.45. The number of halogens is 3. The standard InChI is InChI=1S/C36H44F3N5O5/c1-36(2,3)49-35(47)43-17-25(30(39)21-43)18-44(34(46)42-19-27(45)20-42)32(24-11-13-48-14-12-24)33-40-31(28-15-26(37)9-10-29(28)38)22-41(33)16-23-7-5-4-6-8-23/h4-10,15,22,24-25,27,30,32,45H,11-14,16-21H2,1-3H3. The summed E-state index contributed by atoms with van der Waals surface area (Å²) in [6.07, 6.45) is 0.0985. The van der Waals surface area contributed by atoms with Crippen LogP contribution in [0.1, 0.15) is 51.0 Å². The molecule has 3 aliphatic rings. The molecule has 3 aromatic rings. The van der Waals surface area contributed by atoms with E-state index < -0.39 is 53.6 Å². The number of alkyl halides is 1. The molecule has 0 bridgehead atoms. The number of aromatic nitrogens is 2. The zero-order chi connectivity index (χ0) is 34.9. The van der Waals surface area contributed by atoms with Crippen molar-refractivity contribution in [1.29, 1.82) is 0 Å². The molecule has 3 fully saturated rings. The number of ether oxygens (including phenoxy) is 2. The van der Waals surface area contributed by atoms with Crippen LogP contribution in [-0.2, 0) is 16.0 Å². The lowest BCUT2D eigenvalue weighted by Crippen LogP contribution is -2.59. The third-order valence-electron chi connectivity index (χ3n) is 9.34. The number of nitrogens with zero attached hydrogens (tertiary/aromatic N) is 5. The Kier molecular flexibility index (Phi) is 10.2. The summed E-state index contributed by atoms with van der Waals surface area (Å²) in [7, 11) is 0. The molecule has 3 aliphatic heterocycles. The highest BCUT2D eigenvalue weighted by atomic mass is 19.1. The number of hydrogen-bond acceptors (Lipinski definition) is 6. The first kappa shape index (κ1) is 34.8. The van der Waals surface area contributed by atoms with Crippen LogP contribution in [0.5, 0.6) is 0 Å². The molecule has 3 saturated heterocycles. The molecule has 264 valence electrons. The Morgan fingerprint density at radius 2 is 1.76 bits per heavy atom. The van der Waals surface area contributed by atoms with Gasteiger partial charge in [0.2, 0.25) is 0 Å². The molecule has 2 aromatic carbocycles. The van der Waals surface area contributed by atoms with Crippen LogP contribution >= 0.6 is 0 Å². The molecule has 3 amide bonds. The van der Waals surface area contributed by atoms with E-state index in [9.17, 15) is 19.1 Å². The van der Waals surface area contributed by atoms with Gasteiger partial charge in [0.05, 0.1) is 37.5 Å². The van der Waals surface area contributed by atoms with E-state index in [1.165, 1.54) is 9.80 Å². The average molecular weight is 684 g/mol. The quantitative estimate of drug-likeness (QED) is 0.330. The van der Waals surface area contributed by atoms with E-state index in [0.29, 0.717) is 38.4 Å². The molecule has 13 heteroatoms. The largest absolute Gasteiger partial charge is 0.444 e. The Balaban J connectivity index is 1.43. The summed E-state index contributed by atoms with van der Waals surface area (Å²) in [6.45, 7) is 6.52. The van der Waals surface area contributed by atoms with Gasteiger partial charge in [-0.2, -0.15) is 0 Å². The fraction of sp³-hybridized carbons (Fsp3) is 0.528. The number of aliphatic hydroxyl groups is 1. The van der Waals surface area contributed by atoms with E-state index in [-0.39, 0.29) is 49.9 Å². The third-order valence-corrected chi connectivity index (χ3v) is 9.34. The van der Waals surface area contributed by atoms with E-state index in [1.807, 2.05) is 34.9 Å². The van der Waals surface area contributed by atoms with Crippen molar-refractivity contribution in [3.05, 3.63) is 77.8 Å². The average Bonchev–Trinajstić information content (AvgIpc) is 3.63. The first-order chi connectivity index (χ1) is 23.4. The Morgan fingerprint density at radius 3 is 2.43 bits per heavy atom. The zero-order valence-corrected chi connectivity index (χ0v) is 28.1. The number of likely N-dealkylation sites (tertiary alicyclic amines) is 2. The number of imidazole rings is 1. The van der Waals surface area contributed by atoms with Crippen LogP contribution in [0.3, 0.4) is 0 Å². The van der Waals surface area contributed by atoms with Crippen LogP contribution < -0.4 is 0 Å². The molecule has 1 aromatic heterocycles. The molecular weight excluding hydrogens is 639 g/mol. The summed E-state index contributed by atoms with van der Waals surface area (Å²) in [4.78, 5) is 36.7. The van der Waals surface area contributed by atoms with Crippen molar-refractivity contribution < 1.29 is 37.3 Å². The van der Waals surface area contributed by atoms with Gasteiger partial charge in [0.1, 0.15) is 29.2 Å². The molecule has 0 radical (unpaired) electrons. The minimum atomic E-state index is -1.43. The highest BCUT2D eigenvalue weighted by Crippen LogP contribution is 2.39. The number of hydrogen-bond donors (Lipinski definition) is 1. The Hall–Kier alpha value is -4.10. The van der Waals surface area contributed by atoms with E-state index in [0.717, 1.165) is 23.8 Å². The van der Waals surface area contributed by atoms with Gasteiger partial charge in [-0.05, 0) is 63.3 Å². The molecular formula is C36H44F3N5O5. The maximum Gasteiger partial charge on any atom is 0.410 e. The number of carbonyl (C=O) groups excluding carboxylic acids is 2. The minimum absolute atomic E-state index is 0.0184. The normalized spacial score (nSPS) is 21.0. The summed E-state index contributed by atoms with van der Waals surface area (Å²) in [5.41, 5.74) is 0.348. The molecule has 3 atom stereocenters. The second kappa shape index (κ2) is 14.4. The summed E-state index contributed by atoms with van der Waals surface area (Å²) in [5, 5.41) is 10.1. The molecule has 1 N–H and O–H groups in total. The molecule has 49 heavy (non-hydrogen) atoms. The van der Waals surface area contributed by atoms with E-state index >= 15 is 8.78 Å². The summed E-state index contributed by atoms with van der Waals surface area (Å²) < 4.78 is 58.5. The van der Waals surface area contributed by atoms with E-state index in [1.54, 1.807) is 31.9 Å². The van der Waals surface area contributed by atoms with Crippen molar-refractivity contribution in [3.8, 4) is 11.3 Å². The molecule has 3 unspecified atom stereocenters. The van der Waals surface area contributed by atoms with Crippen molar-refractivity contribution >= 4 is 12.1 Å². The maximum atomic E-state index is 15.8. The van der Waals surface area contributed by atoms with Gasteiger partial charge in [-0.1, -0.05) is 30.3 Å². The van der Waals surface area contributed by atoms with Gasteiger partial charge in [0, 0.05) is 50.5 Å². The topological polar surface area (TPSA) is 100 Å². The van der Waals surface area contributed by atoms with Gasteiger partial charge in [-0.25, -0.2) is 27.7 Å². The number of urea groups is 1. The first-order valence-corrected chi connectivity index (χ1v) is 16.9. The molecule has 4 heterocycles. The van der Waals surface area contributed by atoms with Crippen molar-refractivity contribution in [2.75, 3.05) is 45.9 Å². The van der Waals surface area contributed by atoms with Crippen LogP contribution in [0.2, 0.25) is 0 Å². The van der Waals surface area contributed by atoms with Crippen molar-refractivity contribution in [3.63, 3.8) is 0 Å². The molecule has 6 rings (SSSR count). The van der Waals surface area contributed by atoms with Crippen molar-refractivity contribution in [2.24, 2.45) is 11.8 Å². The fourth-order valence-corrected chi connectivity index (χ4v) is 6.87. The van der Waals surface area contributed by atoms with Crippen molar-refractivity contribution in [2.45, 2.75) is 64.1 Å². The number of rotatable bonds is 8. The van der Waals surface area contributed by atoms with E-state index in [4.69, 9.17) is 14.5 Å². The predicted molar refractivity (Wildman–Crippen MR) is 175 cm³/mol. The third kappa shape index (κ3) is 8.04. The molecule has 0 saturated carbocycles. The maximum absolute atomic E-state index is 15.8. The first-order valence-electron chi connectivity index (χ1n) is 16.9. The number of amides is 3. The number of carbonyl (C=O) groups is 2. The van der Waals surface area contributed by atoms with Crippen molar-refractivity contribution in [1.82, 2.24) is 24.3 Å². The second-order valence-corrected chi connectivity index (χ2v) is 14.3. The zero-order valence-electron chi connectivity index (χ0n) is 28.1. The smallest absolute Gasteiger partial charge is 0.410 e. The Labute approximate surface area is 284 Å². The number of benzene rings is 2. The monoisotopic (exact) mass is 683 g/mol. The summed E-state index contributed by atoms with van der Waals surface area (Å²) in [5.74, 6) is -1.72. The Bertz CT molecular complexity index is 1620. The number of aliphatic hydroxyl groups excluding tert-OH is 1. The number of β-amino-alcohol motifs (C(OH)–C–C–N with tert-alkyl or cyclic N) is 1. The second-order valence-electron chi connectivity index (χ2n) is 14.3. The van der Waals surface area contributed by atoms with E-state index in [2.05, 4.69) is 0 Å².